The Kier molecular flexibility index (Phi) is 10.5. The van der Waals surface area contributed by atoms with Gasteiger partial charge in [0.2, 0.25) is 21.8 Å². The van der Waals surface area contributed by atoms with Crippen molar-refractivity contribution in [3.05, 3.63) is 126 Å². The van der Waals surface area contributed by atoms with E-state index < -0.39 is 28.5 Å². The van der Waals surface area contributed by atoms with Crippen molar-refractivity contribution >= 4 is 27.5 Å². The van der Waals surface area contributed by atoms with Crippen molar-refractivity contribution in [1.82, 2.24) is 10.2 Å². The van der Waals surface area contributed by atoms with Gasteiger partial charge in [-0.2, -0.15) is 0 Å². The number of para-hydroxylation sites is 1. The first-order valence-electron chi connectivity index (χ1n) is 15.2. The van der Waals surface area contributed by atoms with Crippen molar-refractivity contribution in [1.29, 1.82) is 0 Å². The Morgan fingerprint density at radius 2 is 1.31 bits per heavy atom. The van der Waals surface area contributed by atoms with E-state index in [2.05, 4.69) is 5.32 Å². The number of rotatable bonds is 13. The summed E-state index contributed by atoms with van der Waals surface area (Å²) in [5.74, 6) is 0.471. The van der Waals surface area contributed by atoms with Gasteiger partial charge in [0.25, 0.3) is 0 Å². The maximum Gasteiger partial charge on any atom is 0.244 e. The number of anilines is 1. The van der Waals surface area contributed by atoms with Crippen LogP contribution >= 0.6 is 0 Å². The monoisotopic (exact) mass is 625 g/mol. The van der Waals surface area contributed by atoms with Crippen LogP contribution < -0.4 is 14.4 Å². The molecule has 1 saturated carbocycles. The van der Waals surface area contributed by atoms with Gasteiger partial charge < -0.3 is 15.0 Å². The lowest BCUT2D eigenvalue weighted by molar-refractivity contribution is -0.140. The second-order valence-electron chi connectivity index (χ2n) is 11.4. The molecule has 1 atom stereocenters. The number of hydrogen-bond acceptors (Lipinski definition) is 5. The molecule has 1 N–H and O–H groups in total. The minimum Gasteiger partial charge on any atom is -0.457 e. The number of nitrogens with one attached hydrogen (secondary N) is 1. The van der Waals surface area contributed by atoms with Crippen LogP contribution in [0, 0.1) is 0 Å². The Hall–Kier alpha value is -4.63. The number of hydrogen-bond donors (Lipinski definition) is 1. The molecule has 2 amide bonds. The number of carbonyl (C=O) groups excluding carboxylic acids is 2. The molecule has 9 heteroatoms. The fourth-order valence-electron chi connectivity index (χ4n) is 5.62. The Balaban J connectivity index is 1.44. The van der Waals surface area contributed by atoms with Crippen molar-refractivity contribution < 1.29 is 22.7 Å². The molecule has 1 aliphatic carbocycles. The lowest BCUT2D eigenvalue weighted by atomic mass is 10.0. The highest BCUT2D eigenvalue weighted by Crippen LogP contribution is 2.26. The lowest BCUT2D eigenvalue weighted by Crippen LogP contribution is -2.54. The molecule has 0 bridgehead atoms. The lowest BCUT2D eigenvalue weighted by Gasteiger charge is -2.34. The molecular formula is C36H39N3O5S. The Morgan fingerprint density at radius 3 is 1.89 bits per heavy atom. The zero-order valence-corrected chi connectivity index (χ0v) is 26.2. The molecule has 45 heavy (non-hydrogen) atoms. The summed E-state index contributed by atoms with van der Waals surface area (Å²) in [7, 11) is -3.87. The van der Waals surface area contributed by atoms with Gasteiger partial charge in [-0.1, -0.05) is 91.7 Å². The molecule has 0 radical (unpaired) electrons. The molecule has 8 nitrogen and oxygen atoms in total. The van der Waals surface area contributed by atoms with Crippen LogP contribution in [0.1, 0.15) is 36.8 Å². The molecule has 0 heterocycles. The van der Waals surface area contributed by atoms with Gasteiger partial charge in [-0.25, -0.2) is 8.42 Å². The first kappa shape index (κ1) is 31.8. The van der Waals surface area contributed by atoms with Gasteiger partial charge in [0.15, 0.2) is 0 Å². The van der Waals surface area contributed by atoms with Gasteiger partial charge >= 0.3 is 0 Å². The van der Waals surface area contributed by atoms with Gasteiger partial charge in [0.1, 0.15) is 24.1 Å². The van der Waals surface area contributed by atoms with E-state index in [1.165, 1.54) is 4.90 Å². The molecule has 0 spiro atoms. The average molecular weight is 626 g/mol. The van der Waals surface area contributed by atoms with E-state index in [0.717, 1.165) is 47.4 Å². The molecule has 0 unspecified atom stereocenters. The smallest absolute Gasteiger partial charge is 0.244 e. The van der Waals surface area contributed by atoms with E-state index in [9.17, 15) is 18.0 Å². The first-order chi connectivity index (χ1) is 21.8. The number of sulfonamides is 1. The topological polar surface area (TPSA) is 96.0 Å². The second kappa shape index (κ2) is 14.9. The van der Waals surface area contributed by atoms with Crippen molar-refractivity contribution in [3.8, 4) is 11.5 Å². The van der Waals surface area contributed by atoms with Crippen LogP contribution in [-0.4, -0.2) is 50.0 Å². The van der Waals surface area contributed by atoms with Crippen molar-refractivity contribution in [2.75, 3.05) is 17.1 Å². The Bertz CT molecular complexity index is 1640. The highest BCUT2D eigenvalue weighted by atomic mass is 32.2. The molecule has 4 aromatic rings. The fourth-order valence-corrected chi connectivity index (χ4v) is 6.47. The molecule has 0 aliphatic heterocycles. The van der Waals surface area contributed by atoms with Gasteiger partial charge in [-0.15, -0.1) is 0 Å². The van der Waals surface area contributed by atoms with E-state index in [1.54, 1.807) is 24.3 Å². The number of benzene rings is 4. The summed E-state index contributed by atoms with van der Waals surface area (Å²) >= 11 is 0. The molecule has 1 fully saturated rings. The van der Waals surface area contributed by atoms with E-state index in [1.807, 2.05) is 91.0 Å². The Labute approximate surface area is 265 Å². The summed E-state index contributed by atoms with van der Waals surface area (Å²) in [4.78, 5) is 29.7. The average Bonchev–Trinajstić information content (AvgIpc) is 3.56. The number of carbonyl (C=O) groups is 2. The van der Waals surface area contributed by atoms with E-state index in [0.29, 0.717) is 23.6 Å². The zero-order chi connectivity index (χ0) is 31.6. The van der Waals surface area contributed by atoms with Crippen LogP contribution in [0.5, 0.6) is 11.5 Å². The fraction of sp³-hybridized carbons (Fsp3) is 0.278. The molecule has 1 aliphatic rings. The molecule has 5 rings (SSSR count). The molecule has 0 aromatic heterocycles. The summed E-state index contributed by atoms with van der Waals surface area (Å²) in [6.45, 7) is -0.316. The summed E-state index contributed by atoms with van der Waals surface area (Å²) in [5.41, 5.74) is 2.07. The highest BCUT2D eigenvalue weighted by molar-refractivity contribution is 7.92. The quantitative estimate of drug-likeness (QED) is 0.198. The van der Waals surface area contributed by atoms with Gasteiger partial charge in [-0.3, -0.25) is 13.9 Å². The standard InChI is InChI=1S/C36H39N3O5S/c1-45(42,43)39(31-21-23-33(24-22-31)44-32-19-9-4-10-20-32)27-35(40)38(26-29-15-7-3-8-16-29)34(25-28-13-5-2-6-14-28)36(41)37-30-17-11-12-18-30/h2-10,13-16,19-24,30,34H,11-12,17-18,25-27H2,1H3,(H,37,41)/t34-/m0/s1. The van der Waals surface area contributed by atoms with Crippen LogP contribution in [0.25, 0.3) is 0 Å². The Morgan fingerprint density at radius 1 is 0.778 bits per heavy atom. The van der Waals surface area contributed by atoms with Gasteiger partial charge in [0, 0.05) is 19.0 Å². The predicted molar refractivity (Wildman–Crippen MR) is 176 cm³/mol. The summed E-state index contributed by atoms with van der Waals surface area (Å²) in [5, 5.41) is 3.18. The predicted octanol–water partition coefficient (Wildman–Crippen LogP) is 5.94. The minimum absolute atomic E-state index is 0.0635. The van der Waals surface area contributed by atoms with E-state index in [-0.39, 0.29) is 18.5 Å². The SMILES string of the molecule is CS(=O)(=O)N(CC(=O)N(Cc1ccccc1)[C@@H](Cc1ccccc1)C(=O)NC1CCCC1)c1ccc(Oc2ccccc2)cc1. The third kappa shape index (κ3) is 8.95. The third-order valence-electron chi connectivity index (χ3n) is 7.95. The molecule has 234 valence electrons. The molecule has 4 aromatic carbocycles. The summed E-state index contributed by atoms with van der Waals surface area (Å²) < 4.78 is 33.1. The summed E-state index contributed by atoms with van der Waals surface area (Å²) in [6.07, 6.45) is 5.29. The minimum atomic E-state index is -3.87. The van der Waals surface area contributed by atoms with Crippen LogP contribution in [0.3, 0.4) is 0 Å². The van der Waals surface area contributed by atoms with Crippen LogP contribution in [0.4, 0.5) is 5.69 Å². The largest absolute Gasteiger partial charge is 0.457 e. The van der Waals surface area contributed by atoms with Crippen molar-refractivity contribution in [3.63, 3.8) is 0 Å². The van der Waals surface area contributed by atoms with E-state index in [4.69, 9.17) is 4.74 Å². The second-order valence-corrected chi connectivity index (χ2v) is 13.3. The maximum atomic E-state index is 14.3. The first-order valence-corrected chi connectivity index (χ1v) is 17.1. The van der Waals surface area contributed by atoms with Crippen LogP contribution in [-0.2, 0) is 32.6 Å². The molecular weight excluding hydrogens is 586 g/mol. The normalized spacial score (nSPS) is 14.0. The van der Waals surface area contributed by atoms with Crippen LogP contribution in [0.15, 0.2) is 115 Å². The number of ether oxygens (including phenoxy) is 1. The van der Waals surface area contributed by atoms with Crippen LogP contribution in [0.2, 0.25) is 0 Å². The third-order valence-corrected chi connectivity index (χ3v) is 9.09. The zero-order valence-electron chi connectivity index (χ0n) is 25.4. The van der Waals surface area contributed by atoms with Crippen molar-refractivity contribution in [2.24, 2.45) is 0 Å². The summed E-state index contributed by atoms with van der Waals surface area (Å²) in [6, 6.07) is 34.1. The van der Waals surface area contributed by atoms with E-state index >= 15 is 0 Å². The highest BCUT2D eigenvalue weighted by Gasteiger charge is 2.34. The van der Waals surface area contributed by atoms with Gasteiger partial charge in [-0.05, 0) is 60.4 Å². The van der Waals surface area contributed by atoms with Gasteiger partial charge in [0.05, 0.1) is 11.9 Å². The van der Waals surface area contributed by atoms with Crippen molar-refractivity contribution in [2.45, 2.75) is 50.7 Å². The molecule has 0 saturated heterocycles. The number of amides is 2. The maximum absolute atomic E-state index is 14.3. The number of nitrogens with zero attached hydrogens (tertiary/aromatic N) is 2.